The molecule has 0 aromatic heterocycles. The number of carboxylic acids is 1. The summed E-state index contributed by atoms with van der Waals surface area (Å²) in [6.07, 6.45) is 5.66. The molecule has 18 heavy (non-hydrogen) atoms. The smallest absolute Gasteiger partial charge is 0.326 e. The zero-order valence-corrected chi connectivity index (χ0v) is 10.9. The van der Waals surface area contributed by atoms with Crippen LogP contribution >= 0.6 is 0 Å². The number of hydrogen-bond donors (Lipinski definition) is 2. The number of aliphatic carboxylic acids is 1. The minimum Gasteiger partial charge on any atom is -0.480 e. The molecule has 1 saturated carbocycles. The SMILES string of the molecule is CC1(CNC(=O)N2CCCCCC2C(=O)O)CC1. The molecule has 2 N–H and O–H groups in total. The second kappa shape index (κ2) is 5.16. The summed E-state index contributed by atoms with van der Waals surface area (Å²) in [6, 6.07) is -0.864. The third kappa shape index (κ3) is 3.15. The molecule has 0 aromatic rings. The Bertz CT molecular complexity index is 339. The predicted octanol–water partition coefficient (Wildman–Crippen LogP) is 1.83. The quantitative estimate of drug-likeness (QED) is 0.807. The standard InChI is InChI=1S/C13H22N2O3/c1-13(6-7-13)9-14-12(18)15-8-4-2-3-5-10(15)11(16)17/h10H,2-9H2,1H3,(H,14,18)(H,16,17). The summed E-state index contributed by atoms with van der Waals surface area (Å²) >= 11 is 0. The van der Waals surface area contributed by atoms with E-state index in [1.807, 2.05) is 0 Å². The summed E-state index contributed by atoms with van der Waals surface area (Å²) in [6.45, 7) is 3.36. The van der Waals surface area contributed by atoms with Crippen LogP contribution in [-0.4, -0.2) is 41.1 Å². The lowest BCUT2D eigenvalue weighted by molar-refractivity contribution is -0.142. The summed E-state index contributed by atoms with van der Waals surface area (Å²) in [5, 5.41) is 12.1. The Balaban J connectivity index is 1.93. The summed E-state index contributed by atoms with van der Waals surface area (Å²) in [4.78, 5) is 24.8. The van der Waals surface area contributed by atoms with E-state index in [0.717, 1.165) is 32.1 Å². The number of nitrogens with zero attached hydrogens (tertiary/aromatic N) is 1. The highest BCUT2D eigenvalue weighted by Gasteiger charge is 2.38. The number of rotatable bonds is 3. The highest BCUT2D eigenvalue weighted by molar-refractivity contribution is 5.82. The predicted molar refractivity (Wildman–Crippen MR) is 67.3 cm³/mol. The van der Waals surface area contributed by atoms with E-state index in [-0.39, 0.29) is 11.4 Å². The topological polar surface area (TPSA) is 69.6 Å². The van der Waals surface area contributed by atoms with Crippen LogP contribution in [-0.2, 0) is 4.79 Å². The van der Waals surface area contributed by atoms with Crippen LogP contribution in [0.15, 0.2) is 0 Å². The fraction of sp³-hybridized carbons (Fsp3) is 0.846. The zero-order chi connectivity index (χ0) is 13.2. The van der Waals surface area contributed by atoms with Gasteiger partial charge in [0.1, 0.15) is 6.04 Å². The van der Waals surface area contributed by atoms with Crippen molar-refractivity contribution in [1.29, 1.82) is 0 Å². The molecular weight excluding hydrogens is 232 g/mol. The molecule has 1 heterocycles. The number of carbonyl (C=O) groups is 2. The number of nitrogens with one attached hydrogen (secondary N) is 1. The van der Waals surface area contributed by atoms with Gasteiger partial charge in [0.25, 0.3) is 0 Å². The van der Waals surface area contributed by atoms with E-state index in [9.17, 15) is 14.7 Å². The zero-order valence-electron chi connectivity index (χ0n) is 10.9. The van der Waals surface area contributed by atoms with E-state index in [1.165, 1.54) is 4.90 Å². The summed E-state index contributed by atoms with van der Waals surface area (Å²) in [5.41, 5.74) is 0.250. The molecular formula is C13H22N2O3. The number of carbonyl (C=O) groups excluding carboxylic acids is 1. The summed E-state index contributed by atoms with van der Waals surface area (Å²) in [5.74, 6) is -0.885. The first-order valence-electron chi connectivity index (χ1n) is 6.79. The van der Waals surface area contributed by atoms with Gasteiger partial charge in [-0.15, -0.1) is 0 Å². The molecule has 1 atom stereocenters. The van der Waals surface area contributed by atoms with Crippen molar-refractivity contribution in [3.05, 3.63) is 0 Å². The van der Waals surface area contributed by atoms with E-state index in [4.69, 9.17) is 0 Å². The average molecular weight is 254 g/mol. The maximum atomic E-state index is 12.1. The lowest BCUT2D eigenvalue weighted by Crippen LogP contribution is -2.50. The fourth-order valence-corrected chi connectivity index (χ4v) is 2.39. The van der Waals surface area contributed by atoms with Crippen molar-refractivity contribution >= 4 is 12.0 Å². The van der Waals surface area contributed by atoms with Crippen molar-refractivity contribution in [3.8, 4) is 0 Å². The second-order valence-corrected chi connectivity index (χ2v) is 5.87. The van der Waals surface area contributed by atoms with Crippen molar-refractivity contribution in [2.24, 2.45) is 5.41 Å². The molecule has 0 aromatic carbocycles. The largest absolute Gasteiger partial charge is 0.480 e. The van der Waals surface area contributed by atoms with Gasteiger partial charge in [-0.3, -0.25) is 0 Å². The maximum absolute atomic E-state index is 12.1. The minimum atomic E-state index is -0.885. The highest BCUT2D eigenvalue weighted by atomic mass is 16.4. The first kappa shape index (κ1) is 13.2. The molecule has 0 radical (unpaired) electrons. The average Bonchev–Trinajstić information content (AvgIpc) is 3.09. The summed E-state index contributed by atoms with van der Waals surface area (Å²) in [7, 11) is 0. The number of urea groups is 1. The van der Waals surface area contributed by atoms with Gasteiger partial charge in [-0.1, -0.05) is 19.8 Å². The van der Waals surface area contributed by atoms with Crippen molar-refractivity contribution in [1.82, 2.24) is 10.2 Å². The molecule has 102 valence electrons. The summed E-state index contributed by atoms with van der Waals surface area (Å²) < 4.78 is 0. The maximum Gasteiger partial charge on any atom is 0.326 e. The number of carboxylic acid groups (broad SMARTS) is 1. The molecule has 1 aliphatic heterocycles. The van der Waals surface area contributed by atoms with Gasteiger partial charge in [0, 0.05) is 13.1 Å². The van der Waals surface area contributed by atoms with Gasteiger partial charge < -0.3 is 15.3 Å². The van der Waals surface area contributed by atoms with Crippen LogP contribution in [0.4, 0.5) is 4.79 Å². The molecule has 5 heteroatoms. The van der Waals surface area contributed by atoms with Crippen LogP contribution in [0, 0.1) is 5.41 Å². The van der Waals surface area contributed by atoms with Crippen molar-refractivity contribution in [2.45, 2.75) is 51.5 Å². The molecule has 1 saturated heterocycles. The molecule has 2 amide bonds. The Hall–Kier alpha value is -1.26. The first-order valence-corrected chi connectivity index (χ1v) is 6.79. The van der Waals surface area contributed by atoms with Crippen molar-refractivity contribution < 1.29 is 14.7 Å². The number of likely N-dealkylation sites (tertiary alicyclic amines) is 1. The Morgan fingerprint density at radius 2 is 2.06 bits per heavy atom. The van der Waals surface area contributed by atoms with Crippen LogP contribution < -0.4 is 5.32 Å². The molecule has 2 aliphatic rings. The first-order chi connectivity index (χ1) is 8.52. The van der Waals surface area contributed by atoms with Gasteiger partial charge in [0.05, 0.1) is 0 Å². The molecule has 1 aliphatic carbocycles. The molecule has 2 rings (SSSR count). The van der Waals surface area contributed by atoms with Gasteiger partial charge in [-0.25, -0.2) is 9.59 Å². The molecule has 5 nitrogen and oxygen atoms in total. The van der Waals surface area contributed by atoms with E-state index in [2.05, 4.69) is 12.2 Å². The van der Waals surface area contributed by atoms with Gasteiger partial charge in [-0.05, 0) is 31.1 Å². The molecule has 2 fully saturated rings. The van der Waals surface area contributed by atoms with E-state index >= 15 is 0 Å². The van der Waals surface area contributed by atoms with Gasteiger partial charge in [0.15, 0.2) is 0 Å². The third-order valence-electron chi connectivity index (χ3n) is 4.07. The van der Waals surface area contributed by atoms with Gasteiger partial charge >= 0.3 is 12.0 Å². The number of amides is 2. The van der Waals surface area contributed by atoms with Crippen molar-refractivity contribution in [2.75, 3.05) is 13.1 Å². The normalized spacial score (nSPS) is 26.3. The monoisotopic (exact) mass is 254 g/mol. The van der Waals surface area contributed by atoms with Crippen LogP contribution in [0.3, 0.4) is 0 Å². The van der Waals surface area contributed by atoms with Crippen LogP contribution in [0.1, 0.15) is 45.4 Å². The van der Waals surface area contributed by atoms with Gasteiger partial charge in [-0.2, -0.15) is 0 Å². The lowest BCUT2D eigenvalue weighted by Gasteiger charge is -2.27. The van der Waals surface area contributed by atoms with Crippen LogP contribution in [0.2, 0.25) is 0 Å². The third-order valence-corrected chi connectivity index (χ3v) is 4.07. The molecule has 0 bridgehead atoms. The highest BCUT2D eigenvalue weighted by Crippen LogP contribution is 2.44. The van der Waals surface area contributed by atoms with E-state index in [1.54, 1.807) is 0 Å². The Kier molecular flexibility index (Phi) is 3.78. The lowest BCUT2D eigenvalue weighted by atomic mass is 10.1. The second-order valence-electron chi connectivity index (χ2n) is 5.87. The fourth-order valence-electron chi connectivity index (χ4n) is 2.39. The van der Waals surface area contributed by atoms with Crippen molar-refractivity contribution in [3.63, 3.8) is 0 Å². The Morgan fingerprint density at radius 1 is 1.33 bits per heavy atom. The van der Waals surface area contributed by atoms with Crippen LogP contribution in [0.25, 0.3) is 0 Å². The van der Waals surface area contributed by atoms with Crippen LogP contribution in [0.5, 0.6) is 0 Å². The Morgan fingerprint density at radius 3 is 2.67 bits per heavy atom. The van der Waals surface area contributed by atoms with E-state index in [0.29, 0.717) is 19.5 Å². The minimum absolute atomic E-state index is 0.211. The molecule has 1 unspecified atom stereocenters. The Labute approximate surface area is 108 Å². The number of hydrogen-bond acceptors (Lipinski definition) is 2. The van der Waals surface area contributed by atoms with Gasteiger partial charge in [0.2, 0.25) is 0 Å². The van der Waals surface area contributed by atoms with E-state index < -0.39 is 12.0 Å². The molecule has 0 spiro atoms.